The van der Waals surface area contributed by atoms with Gasteiger partial charge in [-0.05, 0) is 18.6 Å². The predicted octanol–water partition coefficient (Wildman–Crippen LogP) is 0.233. The molecule has 0 spiro atoms. The van der Waals surface area contributed by atoms with Crippen molar-refractivity contribution in [2.24, 2.45) is 5.84 Å². The van der Waals surface area contributed by atoms with Crippen LogP contribution in [0, 0.1) is 0 Å². The highest BCUT2D eigenvalue weighted by atomic mass is 32.2. The van der Waals surface area contributed by atoms with Crippen molar-refractivity contribution in [3.8, 4) is 0 Å². The fraction of sp³-hybridized carbons (Fsp3) is 0.833. The van der Waals surface area contributed by atoms with Gasteiger partial charge in [-0.15, -0.1) is 0 Å². The molecule has 0 amide bonds. The zero-order chi connectivity index (χ0) is 11.4. The summed E-state index contributed by atoms with van der Waals surface area (Å²) in [5, 5.41) is 0. The van der Waals surface area contributed by atoms with Crippen LogP contribution in [0.5, 0.6) is 0 Å². The molecular formula is C6H15N2O3S3+. The molecule has 0 bridgehead atoms. The second-order valence-electron chi connectivity index (χ2n) is 3.29. The van der Waals surface area contributed by atoms with Gasteiger partial charge in [0.1, 0.15) is 0 Å². The number of nitrogens with two attached hydrogens (primary N) is 1. The quantitative estimate of drug-likeness (QED) is 0.188. The Bertz CT molecular complexity index is 294. The van der Waals surface area contributed by atoms with Crippen molar-refractivity contribution in [3.05, 3.63) is 0 Å². The maximum Gasteiger partial charge on any atom is 0.264 e. The molecule has 0 radical (unpaired) electrons. The van der Waals surface area contributed by atoms with E-state index in [-0.39, 0.29) is 10.3 Å². The monoisotopic (exact) mass is 259 g/mol. The molecule has 0 unspecified atom stereocenters. The molecule has 0 fully saturated rings. The maximum atomic E-state index is 10.4. The fourth-order valence-corrected chi connectivity index (χ4v) is 2.31. The number of hydrogen-bond acceptors (Lipinski definition) is 5. The molecule has 0 aromatic rings. The number of thiocarbonyl (C=S) groups is 1. The molecule has 14 heavy (non-hydrogen) atoms. The zero-order valence-electron chi connectivity index (χ0n) is 8.13. The Kier molecular flexibility index (Phi) is 5.48. The van der Waals surface area contributed by atoms with E-state index in [4.69, 9.17) is 22.6 Å². The van der Waals surface area contributed by atoms with Crippen LogP contribution in [-0.4, -0.2) is 47.5 Å². The molecule has 0 rings (SSSR count). The van der Waals surface area contributed by atoms with Crippen LogP contribution in [0.25, 0.3) is 0 Å². The summed E-state index contributed by atoms with van der Waals surface area (Å²) in [5.74, 6) is 5.96. The van der Waals surface area contributed by atoms with E-state index in [0.717, 1.165) is 0 Å². The Balaban J connectivity index is 3.72. The first-order valence-electron chi connectivity index (χ1n) is 3.88. The Labute approximate surface area is 94.0 Å². The van der Waals surface area contributed by atoms with Crippen LogP contribution in [-0.2, 0) is 10.1 Å². The molecule has 0 atom stereocenters. The summed E-state index contributed by atoms with van der Waals surface area (Å²) in [6, 6.07) is 0. The third-order valence-electron chi connectivity index (χ3n) is 1.24. The third-order valence-corrected chi connectivity index (χ3v) is 4.08. The minimum absolute atomic E-state index is 0.0753. The van der Waals surface area contributed by atoms with Crippen LogP contribution < -0.4 is 5.84 Å². The number of thioether (sulfide) groups is 1. The van der Waals surface area contributed by atoms with Crippen molar-refractivity contribution >= 4 is 38.4 Å². The Morgan fingerprint density at radius 2 is 2.07 bits per heavy atom. The van der Waals surface area contributed by atoms with Gasteiger partial charge in [-0.25, -0.2) is 4.59 Å². The van der Waals surface area contributed by atoms with Crippen LogP contribution in [0.4, 0.5) is 0 Å². The van der Waals surface area contributed by atoms with Crippen molar-refractivity contribution in [1.82, 2.24) is 0 Å². The lowest BCUT2D eigenvalue weighted by atomic mass is 10.6. The lowest BCUT2D eigenvalue weighted by Crippen LogP contribution is -2.49. The Morgan fingerprint density at radius 1 is 1.57 bits per heavy atom. The summed E-state index contributed by atoms with van der Waals surface area (Å²) < 4.78 is 29.8. The summed E-state index contributed by atoms with van der Waals surface area (Å²) >= 11 is 6.32. The molecule has 8 heteroatoms. The highest BCUT2D eigenvalue weighted by Crippen LogP contribution is 2.11. The molecule has 0 aromatic carbocycles. The molecule has 84 valence electrons. The van der Waals surface area contributed by atoms with E-state index >= 15 is 0 Å². The van der Waals surface area contributed by atoms with Gasteiger partial charge in [0, 0.05) is 5.75 Å². The number of quaternary nitrogens is 1. The minimum atomic E-state index is -3.85. The smallest absolute Gasteiger partial charge is 0.264 e. The van der Waals surface area contributed by atoms with Gasteiger partial charge in [0.25, 0.3) is 14.4 Å². The lowest BCUT2D eigenvalue weighted by Gasteiger charge is -2.20. The highest BCUT2D eigenvalue weighted by Gasteiger charge is 2.17. The predicted molar refractivity (Wildman–Crippen MR) is 62.4 cm³/mol. The molecule has 0 aliphatic carbocycles. The Hall–Kier alpha value is 0.270. The van der Waals surface area contributed by atoms with E-state index in [1.807, 2.05) is 0 Å². The average Bonchev–Trinajstić information content (AvgIpc) is 1.93. The molecule has 0 aromatic heterocycles. The Morgan fingerprint density at radius 3 is 2.43 bits per heavy atom. The molecular weight excluding hydrogens is 244 g/mol. The van der Waals surface area contributed by atoms with E-state index in [1.54, 1.807) is 14.1 Å². The first-order chi connectivity index (χ1) is 6.13. The molecule has 0 saturated heterocycles. The normalized spacial score (nSPS) is 12.9. The van der Waals surface area contributed by atoms with Gasteiger partial charge in [0.15, 0.2) is 0 Å². The van der Waals surface area contributed by atoms with Crippen LogP contribution in [0.2, 0.25) is 0 Å². The van der Waals surface area contributed by atoms with Crippen molar-refractivity contribution in [2.45, 2.75) is 6.42 Å². The van der Waals surface area contributed by atoms with E-state index in [9.17, 15) is 8.42 Å². The molecule has 0 saturated carbocycles. The summed E-state index contributed by atoms with van der Waals surface area (Å²) in [7, 11) is -0.382. The van der Waals surface area contributed by atoms with Crippen LogP contribution in [0.15, 0.2) is 0 Å². The standard InChI is InChI=1S/C6H14N2O3S3/c1-8(2,7)6(12)13-4-3-5-14(9,10)11/h3-5,7H2,1-2H3/p+1. The van der Waals surface area contributed by atoms with Gasteiger partial charge < -0.3 is 0 Å². The number of hydrogen-bond donors (Lipinski definition) is 2. The van der Waals surface area contributed by atoms with Gasteiger partial charge in [-0.1, -0.05) is 11.8 Å². The first kappa shape index (κ1) is 14.3. The van der Waals surface area contributed by atoms with Crippen molar-refractivity contribution in [3.63, 3.8) is 0 Å². The van der Waals surface area contributed by atoms with Crippen molar-refractivity contribution in [1.29, 1.82) is 0 Å². The SMILES string of the molecule is C[N+](C)(N)C(=S)SCCCS(=O)(=O)O. The highest BCUT2D eigenvalue weighted by molar-refractivity contribution is 8.22. The van der Waals surface area contributed by atoms with E-state index < -0.39 is 10.1 Å². The molecule has 0 aliphatic heterocycles. The lowest BCUT2D eigenvalue weighted by molar-refractivity contribution is -0.805. The van der Waals surface area contributed by atoms with E-state index in [1.165, 1.54) is 11.8 Å². The largest absolute Gasteiger partial charge is 0.286 e. The van der Waals surface area contributed by atoms with Crippen LogP contribution in [0.3, 0.4) is 0 Å². The van der Waals surface area contributed by atoms with Gasteiger partial charge in [-0.2, -0.15) is 14.3 Å². The second kappa shape index (κ2) is 5.38. The maximum absolute atomic E-state index is 10.4. The minimum Gasteiger partial charge on any atom is -0.286 e. The molecule has 0 aliphatic rings. The van der Waals surface area contributed by atoms with E-state index in [2.05, 4.69) is 0 Å². The van der Waals surface area contributed by atoms with Gasteiger partial charge >= 0.3 is 0 Å². The molecule has 3 N–H and O–H groups in total. The van der Waals surface area contributed by atoms with Crippen molar-refractivity contribution in [2.75, 3.05) is 25.6 Å². The fourth-order valence-electron chi connectivity index (χ4n) is 0.567. The average molecular weight is 259 g/mol. The van der Waals surface area contributed by atoms with Gasteiger partial charge in [0.05, 0.1) is 19.8 Å². The van der Waals surface area contributed by atoms with E-state index in [0.29, 0.717) is 16.5 Å². The summed E-state index contributed by atoms with van der Waals surface area (Å²) in [6.45, 7) is 0. The van der Waals surface area contributed by atoms with Crippen molar-refractivity contribution < 1.29 is 17.6 Å². The number of nitrogens with zero attached hydrogens (tertiary/aromatic N) is 1. The number of rotatable bonds is 4. The summed E-state index contributed by atoms with van der Waals surface area (Å²) in [5.41, 5.74) is 0. The summed E-state index contributed by atoms with van der Waals surface area (Å²) in [4.78, 5) is 0. The third kappa shape index (κ3) is 7.65. The molecule has 5 nitrogen and oxygen atoms in total. The first-order valence-corrected chi connectivity index (χ1v) is 6.88. The summed E-state index contributed by atoms with van der Waals surface area (Å²) in [6.07, 6.45) is 0.365. The molecule has 0 heterocycles. The van der Waals surface area contributed by atoms with Gasteiger partial charge in [-0.3, -0.25) is 4.55 Å². The van der Waals surface area contributed by atoms with Crippen LogP contribution >= 0.6 is 24.0 Å². The topological polar surface area (TPSA) is 80.4 Å². The second-order valence-corrected chi connectivity index (χ2v) is 6.59. The van der Waals surface area contributed by atoms with Gasteiger partial charge in [0.2, 0.25) is 0 Å². The van der Waals surface area contributed by atoms with Crippen LogP contribution in [0.1, 0.15) is 6.42 Å². The zero-order valence-corrected chi connectivity index (χ0v) is 10.6.